The second-order valence-electron chi connectivity index (χ2n) is 5.75. The van der Waals surface area contributed by atoms with Gasteiger partial charge in [-0.25, -0.2) is 9.97 Å². The number of hydrogen-bond acceptors (Lipinski definition) is 6. The standard InChI is InChI=1S/C17H16N4O2S/c1-11-14(8-20-23-11)17(22)21-5-2-13-15(3-6-21)18-10-19-16(13)12-4-7-24-9-12/h4,7-10H,2-3,5-6H2,1H3. The maximum Gasteiger partial charge on any atom is 0.259 e. The molecule has 24 heavy (non-hydrogen) atoms. The summed E-state index contributed by atoms with van der Waals surface area (Å²) in [6.45, 7) is 3.03. The Morgan fingerprint density at radius 2 is 2.17 bits per heavy atom. The number of thiophene rings is 1. The van der Waals surface area contributed by atoms with Crippen LogP contribution in [0.25, 0.3) is 11.3 Å². The van der Waals surface area contributed by atoms with Crippen LogP contribution in [-0.4, -0.2) is 39.0 Å². The van der Waals surface area contributed by atoms with E-state index >= 15 is 0 Å². The molecule has 1 aliphatic heterocycles. The van der Waals surface area contributed by atoms with Crippen molar-refractivity contribution in [2.24, 2.45) is 0 Å². The fourth-order valence-corrected chi connectivity index (χ4v) is 3.69. The Bertz CT molecular complexity index is 873. The van der Waals surface area contributed by atoms with Gasteiger partial charge in [-0.1, -0.05) is 5.16 Å². The maximum atomic E-state index is 12.7. The molecule has 3 aromatic heterocycles. The summed E-state index contributed by atoms with van der Waals surface area (Å²) in [7, 11) is 0. The van der Waals surface area contributed by atoms with E-state index < -0.39 is 0 Å². The van der Waals surface area contributed by atoms with Crippen LogP contribution in [0.5, 0.6) is 0 Å². The molecule has 0 fully saturated rings. The van der Waals surface area contributed by atoms with Gasteiger partial charge in [-0.2, -0.15) is 11.3 Å². The highest BCUT2D eigenvalue weighted by Crippen LogP contribution is 2.27. The van der Waals surface area contributed by atoms with Gasteiger partial charge in [0.15, 0.2) is 0 Å². The van der Waals surface area contributed by atoms with Crippen molar-refractivity contribution in [2.45, 2.75) is 19.8 Å². The summed E-state index contributed by atoms with van der Waals surface area (Å²) < 4.78 is 5.02. The molecule has 4 heterocycles. The van der Waals surface area contributed by atoms with E-state index in [0.717, 1.165) is 35.4 Å². The fourth-order valence-electron chi connectivity index (χ4n) is 3.05. The largest absolute Gasteiger partial charge is 0.361 e. The molecule has 1 amide bonds. The molecule has 0 saturated heterocycles. The third-order valence-corrected chi connectivity index (χ3v) is 5.03. The quantitative estimate of drug-likeness (QED) is 0.717. The summed E-state index contributed by atoms with van der Waals surface area (Å²) in [5, 5.41) is 7.85. The first kappa shape index (κ1) is 15.0. The molecule has 7 heteroatoms. The van der Waals surface area contributed by atoms with Crippen molar-refractivity contribution in [1.82, 2.24) is 20.0 Å². The van der Waals surface area contributed by atoms with E-state index in [2.05, 4.69) is 26.6 Å². The molecule has 1 aliphatic rings. The summed E-state index contributed by atoms with van der Waals surface area (Å²) >= 11 is 1.65. The zero-order chi connectivity index (χ0) is 16.5. The topological polar surface area (TPSA) is 72.1 Å². The van der Waals surface area contributed by atoms with E-state index in [4.69, 9.17) is 4.52 Å². The molecule has 0 spiro atoms. The fraction of sp³-hybridized carbons (Fsp3) is 0.294. The molecular weight excluding hydrogens is 324 g/mol. The van der Waals surface area contributed by atoms with Crippen LogP contribution in [-0.2, 0) is 12.8 Å². The number of hydrogen-bond donors (Lipinski definition) is 0. The third kappa shape index (κ3) is 2.60. The molecule has 122 valence electrons. The van der Waals surface area contributed by atoms with E-state index in [-0.39, 0.29) is 5.91 Å². The number of rotatable bonds is 2. The number of carbonyl (C=O) groups excluding carboxylic acids is 1. The summed E-state index contributed by atoms with van der Waals surface area (Å²) in [4.78, 5) is 23.5. The zero-order valence-electron chi connectivity index (χ0n) is 13.2. The molecule has 0 atom stereocenters. The predicted molar refractivity (Wildman–Crippen MR) is 89.9 cm³/mol. The molecule has 4 rings (SSSR count). The zero-order valence-corrected chi connectivity index (χ0v) is 14.0. The van der Waals surface area contributed by atoms with Gasteiger partial charge in [0.25, 0.3) is 5.91 Å². The highest BCUT2D eigenvalue weighted by Gasteiger charge is 2.25. The number of fused-ring (bicyclic) bond motifs is 1. The van der Waals surface area contributed by atoms with Gasteiger partial charge in [0.1, 0.15) is 17.7 Å². The number of aromatic nitrogens is 3. The lowest BCUT2D eigenvalue weighted by molar-refractivity contribution is 0.0761. The van der Waals surface area contributed by atoms with Crippen LogP contribution in [0.1, 0.15) is 27.4 Å². The number of nitrogens with zero attached hydrogens (tertiary/aromatic N) is 4. The van der Waals surface area contributed by atoms with Crippen molar-refractivity contribution < 1.29 is 9.32 Å². The summed E-state index contributed by atoms with van der Waals surface area (Å²) in [6, 6.07) is 2.07. The van der Waals surface area contributed by atoms with E-state index in [1.165, 1.54) is 6.20 Å². The first-order chi connectivity index (χ1) is 11.7. The Morgan fingerprint density at radius 1 is 1.29 bits per heavy atom. The van der Waals surface area contributed by atoms with Crippen LogP contribution in [0.2, 0.25) is 0 Å². The van der Waals surface area contributed by atoms with Crippen LogP contribution < -0.4 is 0 Å². The second-order valence-corrected chi connectivity index (χ2v) is 6.53. The lowest BCUT2D eigenvalue weighted by Crippen LogP contribution is -2.33. The minimum absolute atomic E-state index is 0.0356. The van der Waals surface area contributed by atoms with Crippen LogP contribution in [0.15, 0.2) is 33.9 Å². The molecule has 0 unspecified atom stereocenters. The summed E-state index contributed by atoms with van der Waals surface area (Å²) in [5.41, 5.74) is 4.81. The van der Waals surface area contributed by atoms with Gasteiger partial charge in [-0.05, 0) is 24.8 Å². The van der Waals surface area contributed by atoms with E-state index in [1.54, 1.807) is 24.6 Å². The van der Waals surface area contributed by atoms with E-state index in [9.17, 15) is 4.79 Å². The van der Waals surface area contributed by atoms with Gasteiger partial charge < -0.3 is 9.42 Å². The van der Waals surface area contributed by atoms with E-state index in [1.807, 2.05) is 10.3 Å². The molecule has 0 saturated carbocycles. The third-order valence-electron chi connectivity index (χ3n) is 4.35. The van der Waals surface area contributed by atoms with Gasteiger partial charge in [-0.15, -0.1) is 0 Å². The minimum Gasteiger partial charge on any atom is -0.361 e. The Morgan fingerprint density at radius 3 is 2.92 bits per heavy atom. The second kappa shape index (κ2) is 6.16. The van der Waals surface area contributed by atoms with Crippen LogP contribution >= 0.6 is 11.3 Å². The normalized spacial score (nSPS) is 14.3. The average Bonchev–Trinajstić information content (AvgIpc) is 3.21. The van der Waals surface area contributed by atoms with Crippen LogP contribution in [0.4, 0.5) is 0 Å². The Kier molecular flexibility index (Phi) is 3.86. The van der Waals surface area contributed by atoms with Crippen molar-refractivity contribution >= 4 is 17.2 Å². The van der Waals surface area contributed by atoms with Crippen molar-refractivity contribution in [2.75, 3.05) is 13.1 Å². The number of carbonyl (C=O) groups is 1. The first-order valence-corrected chi connectivity index (χ1v) is 8.74. The van der Waals surface area contributed by atoms with Crippen LogP contribution in [0, 0.1) is 6.92 Å². The molecule has 0 aliphatic carbocycles. The van der Waals surface area contributed by atoms with Crippen molar-refractivity contribution in [3.05, 3.63) is 51.9 Å². The number of aryl methyl sites for hydroxylation is 1. The molecule has 0 bridgehead atoms. The van der Waals surface area contributed by atoms with Gasteiger partial charge >= 0.3 is 0 Å². The van der Waals surface area contributed by atoms with Crippen molar-refractivity contribution in [1.29, 1.82) is 0 Å². The lowest BCUT2D eigenvalue weighted by atomic mass is 10.0. The number of amides is 1. The Hall–Kier alpha value is -2.54. The summed E-state index contributed by atoms with van der Waals surface area (Å²) in [5.74, 6) is 0.520. The Labute approximate surface area is 143 Å². The molecule has 0 N–H and O–H groups in total. The molecule has 6 nitrogen and oxygen atoms in total. The minimum atomic E-state index is -0.0356. The summed E-state index contributed by atoms with van der Waals surface area (Å²) in [6.07, 6.45) is 4.59. The monoisotopic (exact) mass is 340 g/mol. The molecule has 0 radical (unpaired) electrons. The molecular formula is C17H16N4O2S. The highest BCUT2D eigenvalue weighted by atomic mass is 32.1. The Balaban J connectivity index is 1.62. The van der Waals surface area contributed by atoms with Crippen molar-refractivity contribution in [3.8, 4) is 11.3 Å². The van der Waals surface area contributed by atoms with Gasteiger partial charge in [0, 0.05) is 41.7 Å². The first-order valence-electron chi connectivity index (χ1n) is 7.80. The lowest BCUT2D eigenvalue weighted by Gasteiger charge is -2.19. The average molecular weight is 340 g/mol. The smallest absolute Gasteiger partial charge is 0.259 e. The maximum absolute atomic E-state index is 12.7. The SMILES string of the molecule is Cc1oncc1C(=O)N1CCc2ncnc(-c3ccsc3)c2CC1. The predicted octanol–water partition coefficient (Wildman–Crippen LogP) is 2.74. The van der Waals surface area contributed by atoms with Gasteiger partial charge in [-0.3, -0.25) is 4.79 Å². The van der Waals surface area contributed by atoms with E-state index in [0.29, 0.717) is 24.4 Å². The van der Waals surface area contributed by atoms with Gasteiger partial charge in [0.05, 0.1) is 11.9 Å². The highest BCUT2D eigenvalue weighted by molar-refractivity contribution is 7.08. The molecule has 3 aromatic rings. The molecule has 0 aromatic carbocycles. The van der Waals surface area contributed by atoms with Crippen LogP contribution in [0.3, 0.4) is 0 Å². The van der Waals surface area contributed by atoms with Crippen molar-refractivity contribution in [3.63, 3.8) is 0 Å². The van der Waals surface area contributed by atoms with Gasteiger partial charge in [0.2, 0.25) is 0 Å².